The van der Waals surface area contributed by atoms with Crippen LogP contribution in [0.25, 0.3) is 0 Å². The Kier molecular flexibility index (Phi) is 4.24. The van der Waals surface area contributed by atoms with Crippen LogP contribution < -0.4 is 5.32 Å². The topological polar surface area (TPSA) is 107 Å². The van der Waals surface area contributed by atoms with Crippen LogP contribution in [0.3, 0.4) is 0 Å². The summed E-state index contributed by atoms with van der Waals surface area (Å²) in [6.07, 6.45) is -1.59. The van der Waals surface area contributed by atoms with Crippen molar-refractivity contribution < 1.29 is 24.9 Å². The summed E-state index contributed by atoms with van der Waals surface area (Å²) in [7, 11) is 0. The van der Waals surface area contributed by atoms with Crippen molar-refractivity contribution in [1.82, 2.24) is 5.32 Å². The molecule has 0 aliphatic rings. The van der Waals surface area contributed by atoms with Gasteiger partial charge in [0.05, 0.1) is 6.42 Å². The molecule has 6 heteroatoms. The van der Waals surface area contributed by atoms with Gasteiger partial charge in [-0.05, 0) is 6.92 Å². The van der Waals surface area contributed by atoms with E-state index in [4.69, 9.17) is 15.3 Å². The van der Waals surface area contributed by atoms with Crippen LogP contribution in [0.4, 0.5) is 0 Å². The number of nitrogens with one attached hydrogen (secondary N) is 1. The largest absolute Gasteiger partial charge is 0.481 e. The number of aliphatic hydroxyl groups is 1. The third-order valence-electron chi connectivity index (χ3n) is 1.12. The SMILES string of the molecule is CC(O)N[C@@H](CC(=O)O)C(=O)O. The minimum Gasteiger partial charge on any atom is -0.481 e. The molecule has 0 spiro atoms. The second-order valence-electron chi connectivity index (χ2n) is 2.33. The minimum atomic E-state index is -1.29. The van der Waals surface area contributed by atoms with E-state index in [1.807, 2.05) is 0 Å². The summed E-state index contributed by atoms with van der Waals surface area (Å²) in [5.74, 6) is -2.52. The fourth-order valence-corrected chi connectivity index (χ4v) is 0.683. The maximum atomic E-state index is 10.3. The first-order valence-electron chi connectivity index (χ1n) is 3.32. The van der Waals surface area contributed by atoms with Crippen molar-refractivity contribution in [2.45, 2.75) is 25.6 Å². The molecule has 70 valence electrons. The van der Waals surface area contributed by atoms with Gasteiger partial charge in [-0.3, -0.25) is 14.9 Å². The van der Waals surface area contributed by atoms with Crippen LogP contribution in [0.1, 0.15) is 13.3 Å². The van der Waals surface area contributed by atoms with Gasteiger partial charge < -0.3 is 15.3 Å². The number of carboxylic acids is 2. The standard InChI is InChI=1S/C6H11NO5/c1-3(8)7-4(6(11)12)2-5(9)10/h3-4,7-8H,2H2,1H3,(H,9,10)(H,11,12)/t3?,4-/m0/s1. The number of hydrogen-bond acceptors (Lipinski definition) is 4. The van der Waals surface area contributed by atoms with Crippen LogP contribution in [0.15, 0.2) is 0 Å². The third-order valence-corrected chi connectivity index (χ3v) is 1.12. The first-order valence-corrected chi connectivity index (χ1v) is 3.32. The van der Waals surface area contributed by atoms with Gasteiger partial charge in [0.25, 0.3) is 0 Å². The predicted molar refractivity (Wildman–Crippen MR) is 38.5 cm³/mol. The summed E-state index contributed by atoms with van der Waals surface area (Å²) in [5, 5.41) is 27.6. The second-order valence-corrected chi connectivity index (χ2v) is 2.33. The van der Waals surface area contributed by atoms with E-state index >= 15 is 0 Å². The molecule has 1 unspecified atom stereocenters. The molecule has 4 N–H and O–H groups in total. The molecule has 0 radical (unpaired) electrons. The molecule has 0 saturated carbocycles. The lowest BCUT2D eigenvalue weighted by atomic mass is 10.2. The average molecular weight is 177 g/mol. The predicted octanol–water partition coefficient (Wildman–Crippen LogP) is -1.16. The minimum absolute atomic E-state index is 0.555. The summed E-state index contributed by atoms with van der Waals surface area (Å²) < 4.78 is 0. The van der Waals surface area contributed by atoms with E-state index in [0.717, 1.165) is 0 Å². The summed E-state index contributed by atoms with van der Waals surface area (Å²) >= 11 is 0. The second kappa shape index (κ2) is 4.68. The molecule has 0 fully saturated rings. The van der Waals surface area contributed by atoms with Crippen LogP contribution in [-0.4, -0.2) is 39.5 Å². The summed E-state index contributed by atoms with van der Waals surface area (Å²) in [4.78, 5) is 20.4. The Bertz CT molecular complexity index is 179. The Morgan fingerprint density at radius 1 is 1.42 bits per heavy atom. The highest BCUT2D eigenvalue weighted by Crippen LogP contribution is 1.93. The molecular formula is C6H11NO5. The smallest absolute Gasteiger partial charge is 0.321 e. The molecule has 2 atom stereocenters. The summed E-state index contributed by atoms with van der Waals surface area (Å²) in [6, 6.07) is -1.25. The van der Waals surface area contributed by atoms with Crippen LogP contribution >= 0.6 is 0 Å². The Morgan fingerprint density at radius 2 is 1.92 bits per heavy atom. The molecule has 0 rings (SSSR count). The number of aliphatic hydroxyl groups excluding tert-OH is 1. The Hall–Kier alpha value is -1.14. The van der Waals surface area contributed by atoms with Gasteiger partial charge in [0.1, 0.15) is 12.3 Å². The lowest BCUT2D eigenvalue weighted by molar-refractivity contribution is -0.146. The van der Waals surface area contributed by atoms with Crippen molar-refractivity contribution >= 4 is 11.9 Å². The molecule has 0 aliphatic heterocycles. The highest BCUT2D eigenvalue weighted by Gasteiger charge is 2.21. The Balaban J connectivity index is 4.04. The lowest BCUT2D eigenvalue weighted by Crippen LogP contribution is -2.43. The third kappa shape index (κ3) is 4.64. The fraction of sp³-hybridized carbons (Fsp3) is 0.667. The molecule has 0 aliphatic carbocycles. The van der Waals surface area contributed by atoms with Gasteiger partial charge in [0.2, 0.25) is 0 Å². The van der Waals surface area contributed by atoms with Crippen LogP contribution in [0.2, 0.25) is 0 Å². The molecule has 0 amide bonds. The van der Waals surface area contributed by atoms with E-state index < -0.39 is 30.6 Å². The van der Waals surface area contributed by atoms with Gasteiger partial charge in [-0.15, -0.1) is 0 Å². The monoisotopic (exact) mass is 177 g/mol. The van der Waals surface area contributed by atoms with Crippen molar-refractivity contribution in [3.63, 3.8) is 0 Å². The molecule has 6 nitrogen and oxygen atoms in total. The zero-order valence-corrected chi connectivity index (χ0v) is 6.52. The first kappa shape index (κ1) is 10.9. The molecule has 0 bridgehead atoms. The van der Waals surface area contributed by atoms with Crippen LogP contribution in [0.5, 0.6) is 0 Å². The lowest BCUT2D eigenvalue weighted by Gasteiger charge is -2.13. The molecule has 0 aromatic carbocycles. The van der Waals surface area contributed by atoms with Crippen molar-refractivity contribution in [2.75, 3.05) is 0 Å². The van der Waals surface area contributed by atoms with Gasteiger partial charge in [0, 0.05) is 0 Å². The van der Waals surface area contributed by atoms with Gasteiger partial charge >= 0.3 is 11.9 Å². The van der Waals surface area contributed by atoms with Crippen molar-refractivity contribution in [3.8, 4) is 0 Å². The van der Waals surface area contributed by atoms with Crippen molar-refractivity contribution in [3.05, 3.63) is 0 Å². The first-order chi connectivity index (χ1) is 5.43. The molecule has 12 heavy (non-hydrogen) atoms. The Labute approximate surface area is 68.8 Å². The van der Waals surface area contributed by atoms with E-state index in [2.05, 4.69) is 5.32 Å². The molecule has 0 aromatic rings. The number of carbonyl (C=O) groups is 2. The number of hydrogen-bond donors (Lipinski definition) is 4. The van der Waals surface area contributed by atoms with E-state index in [-0.39, 0.29) is 0 Å². The highest BCUT2D eigenvalue weighted by atomic mass is 16.4. The quantitative estimate of drug-likeness (QED) is 0.395. The summed E-state index contributed by atoms with van der Waals surface area (Å²) in [6.45, 7) is 1.32. The van der Waals surface area contributed by atoms with Gasteiger partial charge in [0.15, 0.2) is 0 Å². The zero-order chi connectivity index (χ0) is 9.72. The Morgan fingerprint density at radius 3 is 2.17 bits per heavy atom. The van der Waals surface area contributed by atoms with Gasteiger partial charge in [-0.1, -0.05) is 0 Å². The number of rotatable bonds is 5. The molecule has 0 saturated heterocycles. The van der Waals surface area contributed by atoms with Crippen LogP contribution in [0, 0.1) is 0 Å². The fourth-order valence-electron chi connectivity index (χ4n) is 0.683. The molecule has 0 aromatic heterocycles. The van der Waals surface area contributed by atoms with Crippen molar-refractivity contribution in [2.24, 2.45) is 0 Å². The van der Waals surface area contributed by atoms with Gasteiger partial charge in [-0.2, -0.15) is 0 Å². The van der Waals surface area contributed by atoms with E-state index in [1.165, 1.54) is 6.92 Å². The van der Waals surface area contributed by atoms with Crippen molar-refractivity contribution in [1.29, 1.82) is 0 Å². The average Bonchev–Trinajstić information content (AvgIpc) is 1.83. The molecule has 0 heterocycles. The number of carboxylic acid groups (broad SMARTS) is 2. The van der Waals surface area contributed by atoms with E-state index in [0.29, 0.717) is 0 Å². The summed E-state index contributed by atoms with van der Waals surface area (Å²) in [5.41, 5.74) is 0. The number of aliphatic carboxylic acids is 2. The highest BCUT2D eigenvalue weighted by molar-refractivity contribution is 5.80. The van der Waals surface area contributed by atoms with E-state index in [1.54, 1.807) is 0 Å². The maximum absolute atomic E-state index is 10.3. The zero-order valence-electron chi connectivity index (χ0n) is 6.52. The normalized spacial score (nSPS) is 15.2. The molecular weight excluding hydrogens is 166 g/mol. The van der Waals surface area contributed by atoms with Crippen LogP contribution in [-0.2, 0) is 9.59 Å². The van der Waals surface area contributed by atoms with E-state index in [9.17, 15) is 9.59 Å². The van der Waals surface area contributed by atoms with Gasteiger partial charge in [-0.25, -0.2) is 0 Å². The maximum Gasteiger partial charge on any atom is 0.321 e.